The quantitative estimate of drug-likeness (QED) is 0.378. The van der Waals surface area contributed by atoms with Gasteiger partial charge >= 0.3 is 5.97 Å². The number of hydrogen-bond donors (Lipinski definition) is 2. The molecule has 0 aromatic heterocycles. The van der Waals surface area contributed by atoms with Crippen LogP contribution < -0.4 is 9.47 Å². The summed E-state index contributed by atoms with van der Waals surface area (Å²) in [6.45, 7) is 2.37. The van der Waals surface area contributed by atoms with Gasteiger partial charge in [-0.25, -0.2) is 4.79 Å². The van der Waals surface area contributed by atoms with Crippen LogP contribution in [0, 0.1) is 5.92 Å². The van der Waals surface area contributed by atoms with E-state index in [0.29, 0.717) is 42.6 Å². The first-order valence-electron chi connectivity index (χ1n) is 15.1. The van der Waals surface area contributed by atoms with Gasteiger partial charge < -0.3 is 24.4 Å². The number of aliphatic hydroxyl groups is 1. The standard InChI is InChI=1S/C35H35NO6/c37-33(38)26-18-35(39)28-17-25-13-14-27(40-20-23-7-3-1-4-8-23)31-29(25)34(35,15-16-36(28)19-22-11-12-22)32(42-31)30(26)41-21-24-9-5-2-6-10-24/h1-10,13-14,22,28,32,39H,11-12,15-21H2,(H,37,38)/t28-,32+,34+,35-/m1/s1. The fourth-order valence-electron chi connectivity index (χ4n) is 8.07. The highest BCUT2D eigenvalue weighted by atomic mass is 16.6. The topological polar surface area (TPSA) is 88.5 Å². The van der Waals surface area contributed by atoms with Crippen molar-refractivity contribution in [2.45, 2.75) is 68.5 Å². The average molecular weight is 566 g/mol. The minimum Gasteiger partial charge on any atom is -0.489 e. The summed E-state index contributed by atoms with van der Waals surface area (Å²) < 4.78 is 19.6. The van der Waals surface area contributed by atoms with Crippen molar-refractivity contribution in [1.82, 2.24) is 4.90 Å². The highest BCUT2D eigenvalue weighted by molar-refractivity contribution is 5.89. The first-order valence-corrected chi connectivity index (χ1v) is 15.1. The van der Waals surface area contributed by atoms with Gasteiger partial charge in [-0.05, 0) is 60.9 Å². The Labute approximate surface area is 245 Å². The largest absolute Gasteiger partial charge is 0.489 e. The number of ether oxygens (including phenoxy) is 3. The van der Waals surface area contributed by atoms with Crippen LogP contribution in [0.25, 0.3) is 0 Å². The van der Waals surface area contributed by atoms with E-state index < -0.39 is 23.1 Å². The fourth-order valence-corrected chi connectivity index (χ4v) is 8.07. The monoisotopic (exact) mass is 565 g/mol. The first kappa shape index (κ1) is 25.9. The zero-order valence-corrected chi connectivity index (χ0v) is 23.5. The molecule has 3 aliphatic carbocycles. The van der Waals surface area contributed by atoms with Crippen LogP contribution in [0.4, 0.5) is 0 Å². The van der Waals surface area contributed by atoms with Gasteiger partial charge in [0.25, 0.3) is 0 Å². The molecule has 216 valence electrons. The van der Waals surface area contributed by atoms with Crippen molar-refractivity contribution in [2.75, 3.05) is 13.1 Å². The van der Waals surface area contributed by atoms with Crippen LogP contribution in [0.3, 0.4) is 0 Å². The lowest BCUT2D eigenvalue weighted by molar-refractivity contribution is -0.176. The molecule has 0 amide bonds. The minimum absolute atomic E-state index is 0.0200. The summed E-state index contributed by atoms with van der Waals surface area (Å²) in [5.74, 6) is 1.14. The molecule has 2 heterocycles. The highest BCUT2D eigenvalue weighted by Gasteiger charge is 2.73. The summed E-state index contributed by atoms with van der Waals surface area (Å²) in [4.78, 5) is 15.3. The summed E-state index contributed by atoms with van der Waals surface area (Å²) in [6, 6.07) is 23.6. The molecule has 3 aromatic carbocycles. The zero-order chi connectivity index (χ0) is 28.5. The van der Waals surface area contributed by atoms with Crippen LogP contribution >= 0.6 is 0 Å². The predicted octanol–water partition coefficient (Wildman–Crippen LogP) is 5.00. The second-order valence-electron chi connectivity index (χ2n) is 12.6. The molecule has 4 atom stereocenters. The predicted molar refractivity (Wildman–Crippen MR) is 155 cm³/mol. The molecule has 2 N–H and O–H groups in total. The van der Waals surface area contributed by atoms with Crippen molar-refractivity contribution >= 4 is 5.97 Å². The Morgan fingerprint density at radius 1 is 0.952 bits per heavy atom. The van der Waals surface area contributed by atoms with E-state index in [1.54, 1.807) is 0 Å². The smallest absolute Gasteiger partial charge is 0.335 e. The Balaban J connectivity index is 1.25. The number of nitrogens with zero attached hydrogens (tertiary/aromatic N) is 1. The Hall–Kier alpha value is -3.81. The molecule has 0 unspecified atom stereocenters. The molecule has 7 nitrogen and oxygen atoms in total. The van der Waals surface area contributed by atoms with E-state index in [4.69, 9.17) is 14.2 Å². The lowest BCUT2D eigenvalue weighted by atomic mass is 9.49. The van der Waals surface area contributed by atoms with Crippen LogP contribution in [0.2, 0.25) is 0 Å². The second-order valence-corrected chi connectivity index (χ2v) is 12.6. The van der Waals surface area contributed by atoms with Gasteiger partial charge in [-0.15, -0.1) is 0 Å². The molecule has 1 spiro atoms. The van der Waals surface area contributed by atoms with Crippen molar-refractivity contribution in [2.24, 2.45) is 5.92 Å². The van der Waals surface area contributed by atoms with Gasteiger partial charge in [-0.3, -0.25) is 4.90 Å². The van der Waals surface area contributed by atoms with Crippen LogP contribution in [0.1, 0.15) is 47.9 Å². The number of rotatable bonds is 9. The van der Waals surface area contributed by atoms with Crippen LogP contribution in [-0.2, 0) is 34.6 Å². The number of hydrogen-bond acceptors (Lipinski definition) is 6. The van der Waals surface area contributed by atoms with Gasteiger partial charge in [0, 0.05) is 24.6 Å². The van der Waals surface area contributed by atoms with Crippen LogP contribution in [0.5, 0.6) is 11.5 Å². The molecule has 1 saturated carbocycles. The van der Waals surface area contributed by atoms with E-state index in [9.17, 15) is 15.0 Å². The number of carboxylic acid groups (broad SMARTS) is 1. The fraction of sp³-hybridized carbons (Fsp3) is 0.400. The SMILES string of the molecule is O=C(O)C1=C(OCc2ccccc2)[C@@H]2Oc3c(OCc4ccccc4)ccc4c3[C@@]23CCN(CC2CC2)[C@H](C4)[C@]3(O)C1. The third-order valence-electron chi connectivity index (χ3n) is 10.2. The van der Waals surface area contributed by atoms with Gasteiger partial charge in [-0.1, -0.05) is 66.7 Å². The molecule has 0 radical (unpaired) electrons. The number of piperidine rings is 1. The molecular formula is C35H35NO6. The lowest BCUT2D eigenvalue weighted by Crippen LogP contribution is -2.75. The molecule has 2 bridgehead atoms. The maximum Gasteiger partial charge on any atom is 0.335 e. The normalized spacial score (nSPS) is 29.1. The summed E-state index contributed by atoms with van der Waals surface area (Å²) in [5.41, 5.74) is 2.09. The van der Waals surface area contributed by atoms with Crippen molar-refractivity contribution in [3.63, 3.8) is 0 Å². The van der Waals surface area contributed by atoms with Crippen molar-refractivity contribution in [3.05, 3.63) is 106 Å². The second kappa shape index (κ2) is 9.61. The molecule has 2 fully saturated rings. The molecule has 7 heteroatoms. The summed E-state index contributed by atoms with van der Waals surface area (Å²) in [7, 11) is 0. The van der Waals surface area contributed by atoms with E-state index >= 15 is 0 Å². The summed E-state index contributed by atoms with van der Waals surface area (Å²) >= 11 is 0. The van der Waals surface area contributed by atoms with Gasteiger partial charge in [0.1, 0.15) is 19.0 Å². The Bertz CT molecular complexity index is 1570. The number of carboxylic acids is 1. The van der Waals surface area contributed by atoms with Gasteiger partial charge in [0.05, 0.1) is 16.6 Å². The maximum absolute atomic E-state index is 12.9. The van der Waals surface area contributed by atoms with E-state index in [2.05, 4.69) is 11.0 Å². The molecular weight excluding hydrogens is 530 g/mol. The number of likely N-dealkylation sites (tertiary alicyclic amines) is 1. The van der Waals surface area contributed by atoms with Gasteiger partial charge in [-0.2, -0.15) is 0 Å². The molecule has 5 aliphatic rings. The zero-order valence-electron chi connectivity index (χ0n) is 23.5. The molecule has 1 saturated heterocycles. The number of carbonyl (C=O) groups is 1. The highest BCUT2D eigenvalue weighted by Crippen LogP contribution is 2.66. The van der Waals surface area contributed by atoms with Crippen molar-refractivity contribution in [3.8, 4) is 11.5 Å². The van der Waals surface area contributed by atoms with Crippen molar-refractivity contribution < 1.29 is 29.2 Å². The van der Waals surface area contributed by atoms with Crippen LogP contribution in [-0.4, -0.2) is 51.9 Å². The van der Waals surface area contributed by atoms with Gasteiger partial charge in [0.2, 0.25) is 0 Å². The van der Waals surface area contributed by atoms with E-state index in [0.717, 1.165) is 35.3 Å². The summed E-state index contributed by atoms with van der Waals surface area (Å²) in [6.07, 6.45) is 3.01. The van der Waals surface area contributed by atoms with E-state index in [-0.39, 0.29) is 24.6 Å². The number of benzene rings is 3. The minimum atomic E-state index is -1.31. The third kappa shape index (κ3) is 3.83. The Morgan fingerprint density at radius 2 is 1.64 bits per heavy atom. The Kier molecular flexibility index (Phi) is 5.92. The Morgan fingerprint density at radius 3 is 2.31 bits per heavy atom. The van der Waals surface area contributed by atoms with Crippen molar-refractivity contribution in [1.29, 1.82) is 0 Å². The molecule has 2 aliphatic heterocycles. The van der Waals surface area contributed by atoms with E-state index in [1.807, 2.05) is 66.7 Å². The molecule has 42 heavy (non-hydrogen) atoms. The first-order chi connectivity index (χ1) is 20.5. The number of aliphatic carboxylic acids is 1. The van der Waals surface area contributed by atoms with Crippen LogP contribution in [0.15, 0.2) is 84.1 Å². The maximum atomic E-state index is 12.9. The molecule has 3 aromatic rings. The van der Waals surface area contributed by atoms with E-state index in [1.165, 1.54) is 12.8 Å². The molecule has 8 rings (SSSR count). The summed E-state index contributed by atoms with van der Waals surface area (Å²) in [5, 5.41) is 23.4. The third-order valence-corrected chi connectivity index (χ3v) is 10.2. The lowest BCUT2D eigenvalue weighted by Gasteiger charge is -2.62. The van der Waals surface area contributed by atoms with Gasteiger partial charge in [0.15, 0.2) is 17.6 Å². The average Bonchev–Trinajstić information content (AvgIpc) is 3.75.